The van der Waals surface area contributed by atoms with Gasteiger partial charge in [0.25, 0.3) is 5.91 Å². The molecule has 1 unspecified atom stereocenters. The average Bonchev–Trinajstić information content (AvgIpc) is 2.64. The smallest absolute Gasteiger partial charge is 0.251 e. The Morgan fingerprint density at radius 2 is 1.70 bits per heavy atom. The summed E-state index contributed by atoms with van der Waals surface area (Å²) < 4.78 is 18.3. The van der Waals surface area contributed by atoms with Gasteiger partial charge in [-0.1, -0.05) is 25.4 Å². The standard InChI is InChI=1S/C20H22ClFN2O3/c1-13(2)18(24-19(25)14-3-5-15(21)6-4-14)20(26)23-11-12-27-17-9-7-16(22)8-10-17/h3-10,13,18H,11-12H2,1-2H3,(H,23,26)(H,24,25). The minimum absolute atomic E-state index is 0.0979. The Hall–Kier alpha value is -2.60. The van der Waals surface area contributed by atoms with E-state index in [0.29, 0.717) is 16.3 Å². The first-order valence-corrected chi connectivity index (χ1v) is 8.97. The van der Waals surface area contributed by atoms with Gasteiger partial charge in [0.15, 0.2) is 0 Å². The van der Waals surface area contributed by atoms with E-state index in [4.69, 9.17) is 16.3 Å². The van der Waals surface area contributed by atoms with Gasteiger partial charge >= 0.3 is 0 Å². The van der Waals surface area contributed by atoms with Crippen molar-refractivity contribution in [2.75, 3.05) is 13.2 Å². The third-order valence-corrected chi connectivity index (χ3v) is 4.08. The van der Waals surface area contributed by atoms with Crippen LogP contribution in [0.4, 0.5) is 4.39 Å². The lowest BCUT2D eigenvalue weighted by molar-refractivity contribution is -0.124. The van der Waals surface area contributed by atoms with Crippen molar-refractivity contribution in [1.82, 2.24) is 10.6 Å². The number of carbonyl (C=O) groups excluding carboxylic acids is 2. The number of hydrogen-bond donors (Lipinski definition) is 2. The number of benzene rings is 2. The lowest BCUT2D eigenvalue weighted by Crippen LogP contribution is -2.50. The van der Waals surface area contributed by atoms with Gasteiger partial charge in [-0.25, -0.2) is 4.39 Å². The Kier molecular flexibility index (Phi) is 7.61. The van der Waals surface area contributed by atoms with Crippen LogP contribution in [-0.2, 0) is 4.79 Å². The van der Waals surface area contributed by atoms with Crippen molar-refractivity contribution in [3.63, 3.8) is 0 Å². The Labute approximate surface area is 162 Å². The maximum absolute atomic E-state index is 12.8. The van der Waals surface area contributed by atoms with Crippen LogP contribution in [0.5, 0.6) is 5.75 Å². The fourth-order valence-electron chi connectivity index (χ4n) is 2.34. The molecule has 2 N–H and O–H groups in total. The van der Waals surface area contributed by atoms with Crippen LogP contribution in [0.25, 0.3) is 0 Å². The molecule has 0 aliphatic rings. The van der Waals surface area contributed by atoms with E-state index < -0.39 is 6.04 Å². The summed E-state index contributed by atoms with van der Waals surface area (Å²) >= 11 is 5.82. The number of halogens is 2. The third-order valence-electron chi connectivity index (χ3n) is 3.83. The van der Waals surface area contributed by atoms with Gasteiger partial charge in [-0.05, 0) is 54.4 Å². The molecular formula is C20H22ClFN2O3. The summed E-state index contributed by atoms with van der Waals surface area (Å²) in [4.78, 5) is 24.7. The van der Waals surface area contributed by atoms with Gasteiger partial charge in [-0.2, -0.15) is 0 Å². The second kappa shape index (κ2) is 9.92. The number of amides is 2. The Balaban J connectivity index is 1.84. The van der Waals surface area contributed by atoms with Gasteiger partial charge in [0.2, 0.25) is 5.91 Å². The summed E-state index contributed by atoms with van der Waals surface area (Å²) in [5.41, 5.74) is 0.428. The zero-order valence-corrected chi connectivity index (χ0v) is 15.9. The fourth-order valence-corrected chi connectivity index (χ4v) is 2.47. The molecule has 2 aromatic carbocycles. The molecule has 0 fully saturated rings. The fraction of sp³-hybridized carbons (Fsp3) is 0.300. The van der Waals surface area contributed by atoms with Gasteiger partial charge < -0.3 is 15.4 Å². The van der Waals surface area contributed by atoms with Crippen molar-refractivity contribution in [3.8, 4) is 5.75 Å². The first-order chi connectivity index (χ1) is 12.9. The van der Waals surface area contributed by atoms with Crippen LogP contribution in [0.15, 0.2) is 48.5 Å². The Morgan fingerprint density at radius 1 is 1.07 bits per heavy atom. The monoisotopic (exact) mass is 392 g/mol. The van der Waals surface area contributed by atoms with E-state index in [2.05, 4.69) is 10.6 Å². The van der Waals surface area contributed by atoms with Gasteiger partial charge in [-0.3, -0.25) is 9.59 Å². The van der Waals surface area contributed by atoms with E-state index in [9.17, 15) is 14.0 Å². The van der Waals surface area contributed by atoms with E-state index in [1.54, 1.807) is 24.3 Å². The van der Waals surface area contributed by atoms with Crippen LogP contribution >= 0.6 is 11.6 Å². The van der Waals surface area contributed by atoms with Gasteiger partial charge in [0.05, 0.1) is 6.54 Å². The van der Waals surface area contributed by atoms with Crippen LogP contribution in [0.1, 0.15) is 24.2 Å². The zero-order chi connectivity index (χ0) is 19.8. The first kappa shape index (κ1) is 20.7. The van der Waals surface area contributed by atoms with E-state index in [0.717, 1.165) is 0 Å². The second-order valence-electron chi connectivity index (χ2n) is 6.30. The highest BCUT2D eigenvalue weighted by Gasteiger charge is 2.24. The largest absolute Gasteiger partial charge is 0.492 e. The van der Waals surface area contributed by atoms with Gasteiger partial charge in [0.1, 0.15) is 24.2 Å². The minimum atomic E-state index is -0.681. The molecule has 1 atom stereocenters. The van der Waals surface area contributed by atoms with Crippen molar-refractivity contribution in [3.05, 3.63) is 64.9 Å². The molecule has 27 heavy (non-hydrogen) atoms. The zero-order valence-electron chi connectivity index (χ0n) is 15.2. The van der Waals surface area contributed by atoms with Crippen LogP contribution in [0, 0.1) is 11.7 Å². The molecule has 2 aromatic rings. The van der Waals surface area contributed by atoms with Crippen LogP contribution in [-0.4, -0.2) is 31.0 Å². The first-order valence-electron chi connectivity index (χ1n) is 8.59. The summed E-state index contributed by atoms with van der Waals surface area (Å²) in [7, 11) is 0. The topological polar surface area (TPSA) is 67.4 Å². The molecule has 0 bridgehead atoms. The van der Waals surface area contributed by atoms with Gasteiger partial charge in [-0.15, -0.1) is 0 Å². The number of hydrogen-bond acceptors (Lipinski definition) is 3. The van der Waals surface area contributed by atoms with E-state index in [-0.39, 0.29) is 36.7 Å². The highest BCUT2D eigenvalue weighted by atomic mass is 35.5. The molecule has 0 aliphatic carbocycles. The molecule has 5 nitrogen and oxygen atoms in total. The minimum Gasteiger partial charge on any atom is -0.492 e. The number of carbonyl (C=O) groups is 2. The van der Waals surface area contributed by atoms with Crippen LogP contribution in [0.3, 0.4) is 0 Å². The summed E-state index contributed by atoms with van der Waals surface area (Å²) in [6, 6.07) is 11.4. The summed E-state index contributed by atoms with van der Waals surface area (Å²) in [6.07, 6.45) is 0. The summed E-state index contributed by atoms with van der Waals surface area (Å²) in [6.45, 7) is 4.19. The highest BCUT2D eigenvalue weighted by molar-refractivity contribution is 6.30. The summed E-state index contributed by atoms with van der Waals surface area (Å²) in [5.74, 6) is -0.564. The lowest BCUT2D eigenvalue weighted by atomic mass is 10.0. The molecular weight excluding hydrogens is 371 g/mol. The van der Waals surface area contributed by atoms with E-state index in [1.807, 2.05) is 13.8 Å². The molecule has 0 spiro atoms. The second-order valence-corrected chi connectivity index (χ2v) is 6.73. The molecule has 0 saturated heterocycles. The predicted octanol–water partition coefficient (Wildman–Crippen LogP) is 3.43. The van der Waals surface area contributed by atoms with Crippen LogP contribution < -0.4 is 15.4 Å². The lowest BCUT2D eigenvalue weighted by Gasteiger charge is -2.22. The maximum atomic E-state index is 12.8. The molecule has 0 aromatic heterocycles. The highest BCUT2D eigenvalue weighted by Crippen LogP contribution is 2.12. The number of nitrogens with one attached hydrogen (secondary N) is 2. The quantitative estimate of drug-likeness (QED) is 0.676. The molecule has 0 saturated carbocycles. The van der Waals surface area contributed by atoms with Crippen LogP contribution in [0.2, 0.25) is 5.02 Å². The third kappa shape index (κ3) is 6.57. The average molecular weight is 393 g/mol. The van der Waals surface area contributed by atoms with E-state index in [1.165, 1.54) is 24.3 Å². The Bertz CT molecular complexity index is 764. The van der Waals surface area contributed by atoms with Crippen molar-refractivity contribution in [2.24, 2.45) is 5.92 Å². The van der Waals surface area contributed by atoms with E-state index >= 15 is 0 Å². The molecule has 144 valence electrons. The molecule has 0 heterocycles. The molecule has 0 radical (unpaired) electrons. The molecule has 2 rings (SSSR count). The number of ether oxygens (including phenoxy) is 1. The van der Waals surface area contributed by atoms with Crippen molar-refractivity contribution < 1.29 is 18.7 Å². The van der Waals surface area contributed by atoms with Gasteiger partial charge in [0, 0.05) is 10.6 Å². The van der Waals surface area contributed by atoms with Crippen molar-refractivity contribution in [2.45, 2.75) is 19.9 Å². The SMILES string of the molecule is CC(C)C(NC(=O)c1ccc(Cl)cc1)C(=O)NCCOc1ccc(F)cc1. The normalized spacial score (nSPS) is 11.7. The number of rotatable bonds is 8. The Morgan fingerprint density at radius 3 is 2.30 bits per heavy atom. The maximum Gasteiger partial charge on any atom is 0.251 e. The van der Waals surface area contributed by atoms with Crippen molar-refractivity contribution >= 4 is 23.4 Å². The predicted molar refractivity (Wildman–Crippen MR) is 102 cm³/mol. The van der Waals surface area contributed by atoms with Crippen molar-refractivity contribution in [1.29, 1.82) is 0 Å². The molecule has 0 aliphatic heterocycles. The molecule has 2 amide bonds. The summed E-state index contributed by atoms with van der Waals surface area (Å²) in [5, 5.41) is 6.01. The molecule has 7 heteroatoms.